The molecule has 5 rings (SSSR count). The number of anilines is 1. The minimum Gasteiger partial charge on any atom is -0.438 e. The highest BCUT2D eigenvalue weighted by Gasteiger charge is 2.47. The summed E-state index contributed by atoms with van der Waals surface area (Å²) >= 11 is 0. The Hall–Kier alpha value is -4.91. The van der Waals surface area contributed by atoms with Crippen LogP contribution in [0.5, 0.6) is 0 Å². The smallest absolute Gasteiger partial charge is 0.411 e. The number of carbonyl (C=O) groups excluding carboxylic acids is 3. The third-order valence-electron chi connectivity index (χ3n) is 6.92. The maximum absolute atomic E-state index is 13.6. The number of ether oxygens (including phenoxy) is 1. The van der Waals surface area contributed by atoms with Crippen LogP contribution in [0.3, 0.4) is 0 Å². The van der Waals surface area contributed by atoms with Crippen LogP contribution in [0.25, 0.3) is 0 Å². The van der Waals surface area contributed by atoms with Gasteiger partial charge < -0.3 is 15.4 Å². The molecule has 4 aromatic rings. The standard InChI is InChI=1S/C33H31N3O4/c1-22-11-15-25(16-12-22)21-36-29(32(38)34-20-24-7-4-3-5-8-24)30(40-33(36)39)27-9-6-10-28(19-27)35-31(37)26-17-13-23(2)14-18-26/h3-19,29-30H,20-21H2,1-2H3,(H,34,38)(H,35,37). The molecule has 1 aliphatic heterocycles. The van der Waals surface area contributed by atoms with E-state index in [0.717, 1.165) is 22.3 Å². The fourth-order valence-electron chi connectivity index (χ4n) is 4.69. The van der Waals surface area contributed by atoms with Gasteiger partial charge >= 0.3 is 6.09 Å². The van der Waals surface area contributed by atoms with Crippen molar-refractivity contribution in [2.45, 2.75) is 39.1 Å². The predicted octanol–water partition coefficient (Wildman–Crippen LogP) is 5.93. The molecule has 7 nitrogen and oxygen atoms in total. The highest BCUT2D eigenvalue weighted by molar-refractivity contribution is 6.04. The summed E-state index contributed by atoms with van der Waals surface area (Å²) in [7, 11) is 0. The average molecular weight is 534 g/mol. The Morgan fingerprint density at radius 3 is 2.17 bits per heavy atom. The molecule has 1 saturated heterocycles. The van der Waals surface area contributed by atoms with E-state index in [0.29, 0.717) is 23.4 Å². The first kappa shape index (κ1) is 26.7. The lowest BCUT2D eigenvalue weighted by atomic mass is 9.99. The summed E-state index contributed by atoms with van der Waals surface area (Å²) in [5, 5.41) is 5.88. The molecule has 1 heterocycles. The van der Waals surface area contributed by atoms with Crippen molar-refractivity contribution in [1.29, 1.82) is 0 Å². The minimum atomic E-state index is -0.902. The van der Waals surface area contributed by atoms with Crippen LogP contribution in [-0.2, 0) is 22.6 Å². The summed E-state index contributed by atoms with van der Waals surface area (Å²) in [4.78, 5) is 41.0. The number of aryl methyl sites for hydroxylation is 2. The Kier molecular flexibility index (Phi) is 7.92. The number of hydrogen-bond donors (Lipinski definition) is 2. The maximum atomic E-state index is 13.6. The zero-order chi connectivity index (χ0) is 28.1. The van der Waals surface area contributed by atoms with Gasteiger partial charge in [-0.15, -0.1) is 0 Å². The van der Waals surface area contributed by atoms with Crippen molar-refractivity contribution in [2.75, 3.05) is 5.32 Å². The van der Waals surface area contributed by atoms with Crippen LogP contribution < -0.4 is 10.6 Å². The second kappa shape index (κ2) is 11.9. The third-order valence-corrected chi connectivity index (χ3v) is 6.92. The molecular formula is C33H31N3O4. The number of cyclic esters (lactones) is 1. The molecular weight excluding hydrogens is 502 g/mol. The molecule has 1 aliphatic rings. The first-order valence-electron chi connectivity index (χ1n) is 13.2. The fraction of sp³-hybridized carbons (Fsp3) is 0.182. The molecule has 0 aromatic heterocycles. The van der Waals surface area contributed by atoms with E-state index in [1.54, 1.807) is 36.4 Å². The van der Waals surface area contributed by atoms with Crippen LogP contribution in [0.15, 0.2) is 103 Å². The molecule has 1 fully saturated rings. The van der Waals surface area contributed by atoms with Gasteiger partial charge in [-0.25, -0.2) is 4.79 Å². The molecule has 3 amide bonds. The van der Waals surface area contributed by atoms with Gasteiger partial charge in [-0.2, -0.15) is 0 Å². The summed E-state index contributed by atoms with van der Waals surface area (Å²) in [6.07, 6.45) is -1.43. The molecule has 2 unspecified atom stereocenters. The summed E-state index contributed by atoms with van der Waals surface area (Å²) < 4.78 is 5.81. The van der Waals surface area contributed by atoms with Gasteiger partial charge in [-0.05, 0) is 54.8 Å². The van der Waals surface area contributed by atoms with Crippen LogP contribution >= 0.6 is 0 Å². The monoisotopic (exact) mass is 533 g/mol. The quantitative estimate of drug-likeness (QED) is 0.294. The van der Waals surface area contributed by atoms with E-state index >= 15 is 0 Å². The molecule has 4 aromatic carbocycles. The first-order chi connectivity index (χ1) is 19.4. The lowest BCUT2D eigenvalue weighted by Gasteiger charge is -2.24. The molecule has 0 spiro atoms. The highest BCUT2D eigenvalue weighted by atomic mass is 16.6. The minimum absolute atomic E-state index is 0.225. The van der Waals surface area contributed by atoms with Crippen LogP contribution in [0.4, 0.5) is 10.5 Å². The summed E-state index contributed by atoms with van der Waals surface area (Å²) in [6.45, 7) is 4.50. The third kappa shape index (κ3) is 6.21. The molecule has 2 N–H and O–H groups in total. The first-order valence-corrected chi connectivity index (χ1v) is 13.2. The molecule has 202 valence electrons. The largest absolute Gasteiger partial charge is 0.438 e. The van der Waals surface area contributed by atoms with Gasteiger partial charge in [0.25, 0.3) is 5.91 Å². The van der Waals surface area contributed by atoms with Crippen molar-refractivity contribution in [3.8, 4) is 0 Å². The fourth-order valence-corrected chi connectivity index (χ4v) is 4.69. The number of rotatable bonds is 8. The Bertz CT molecular complexity index is 1500. The van der Waals surface area contributed by atoms with Gasteiger partial charge in [-0.1, -0.05) is 90.0 Å². The van der Waals surface area contributed by atoms with E-state index in [-0.39, 0.29) is 18.4 Å². The number of amides is 3. The zero-order valence-electron chi connectivity index (χ0n) is 22.5. The van der Waals surface area contributed by atoms with E-state index in [9.17, 15) is 14.4 Å². The number of nitrogens with one attached hydrogen (secondary N) is 2. The van der Waals surface area contributed by atoms with Crippen LogP contribution in [0, 0.1) is 13.8 Å². The van der Waals surface area contributed by atoms with Crippen molar-refractivity contribution in [2.24, 2.45) is 0 Å². The van der Waals surface area contributed by atoms with Gasteiger partial charge in [0, 0.05) is 17.8 Å². The van der Waals surface area contributed by atoms with E-state index in [1.807, 2.05) is 80.6 Å². The second-order valence-electron chi connectivity index (χ2n) is 10.0. The van der Waals surface area contributed by atoms with Crippen molar-refractivity contribution >= 4 is 23.6 Å². The number of hydrogen-bond acceptors (Lipinski definition) is 4. The van der Waals surface area contributed by atoms with Crippen molar-refractivity contribution in [3.63, 3.8) is 0 Å². The van der Waals surface area contributed by atoms with E-state index in [4.69, 9.17) is 4.74 Å². The lowest BCUT2D eigenvalue weighted by molar-refractivity contribution is -0.126. The predicted molar refractivity (Wildman–Crippen MR) is 154 cm³/mol. The second-order valence-corrected chi connectivity index (χ2v) is 10.0. The number of nitrogens with zero attached hydrogens (tertiary/aromatic N) is 1. The van der Waals surface area contributed by atoms with E-state index < -0.39 is 18.2 Å². The normalized spacial score (nSPS) is 16.4. The Labute approximate surface area is 233 Å². The molecule has 0 bridgehead atoms. The van der Waals surface area contributed by atoms with Crippen molar-refractivity contribution in [1.82, 2.24) is 10.2 Å². The molecule has 0 radical (unpaired) electrons. The SMILES string of the molecule is Cc1ccc(CN2C(=O)OC(c3cccc(NC(=O)c4ccc(C)cc4)c3)C2C(=O)NCc2ccccc2)cc1. The van der Waals surface area contributed by atoms with Gasteiger partial charge in [0.2, 0.25) is 5.91 Å². The van der Waals surface area contributed by atoms with Crippen LogP contribution in [-0.4, -0.2) is 28.8 Å². The molecule has 40 heavy (non-hydrogen) atoms. The molecule has 0 saturated carbocycles. The zero-order valence-corrected chi connectivity index (χ0v) is 22.5. The van der Waals surface area contributed by atoms with Gasteiger partial charge in [-0.3, -0.25) is 14.5 Å². The Balaban J connectivity index is 1.40. The number of benzene rings is 4. The maximum Gasteiger partial charge on any atom is 0.411 e. The van der Waals surface area contributed by atoms with E-state index in [2.05, 4.69) is 10.6 Å². The molecule has 2 atom stereocenters. The molecule has 7 heteroatoms. The van der Waals surface area contributed by atoms with E-state index in [1.165, 1.54) is 4.90 Å². The summed E-state index contributed by atoms with van der Waals surface area (Å²) in [5.41, 5.74) is 5.69. The summed E-state index contributed by atoms with van der Waals surface area (Å²) in [6, 6.07) is 30.9. The lowest BCUT2D eigenvalue weighted by Crippen LogP contribution is -2.46. The average Bonchev–Trinajstić information content (AvgIpc) is 3.29. The van der Waals surface area contributed by atoms with Crippen molar-refractivity contribution in [3.05, 3.63) is 137 Å². The Morgan fingerprint density at radius 1 is 0.800 bits per heavy atom. The van der Waals surface area contributed by atoms with Crippen LogP contribution in [0.1, 0.15) is 44.3 Å². The van der Waals surface area contributed by atoms with Gasteiger partial charge in [0.1, 0.15) is 0 Å². The highest BCUT2D eigenvalue weighted by Crippen LogP contribution is 2.35. The van der Waals surface area contributed by atoms with Crippen LogP contribution in [0.2, 0.25) is 0 Å². The topological polar surface area (TPSA) is 87.7 Å². The summed E-state index contributed by atoms with van der Waals surface area (Å²) in [5.74, 6) is -0.570. The van der Waals surface area contributed by atoms with Gasteiger partial charge in [0.05, 0.1) is 6.54 Å². The molecule has 0 aliphatic carbocycles. The van der Waals surface area contributed by atoms with Gasteiger partial charge in [0.15, 0.2) is 12.1 Å². The number of carbonyl (C=O) groups is 3. The Morgan fingerprint density at radius 2 is 1.48 bits per heavy atom. The van der Waals surface area contributed by atoms with Crippen molar-refractivity contribution < 1.29 is 19.1 Å².